The van der Waals surface area contributed by atoms with E-state index in [1.165, 1.54) is 0 Å². The van der Waals surface area contributed by atoms with Gasteiger partial charge in [0.1, 0.15) is 0 Å². The molecule has 0 saturated carbocycles. The van der Waals surface area contributed by atoms with Gasteiger partial charge in [-0.2, -0.15) is 0 Å². The van der Waals surface area contributed by atoms with Gasteiger partial charge in [-0.25, -0.2) is 0 Å². The lowest BCUT2D eigenvalue weighted by Gasteiger charge is -1.97. The molecule has 0 aliphatic rings. The second-order valence-electron chi connectivity index (χ2n) is 4.53. The summed E-state index contributed by atoms with van der Waals surface area (Å²) in [5.74, 6) is 0.0237. The van der Waals surface area contributed by atoms with E-state index in [1.54, 1.807) is 6.08 Å². The molecule has 1 aromatic heterocycles. The quantitative estimate of drug-likeness (QED) is 0.405. The Bertz CT molecular complexity index is 784. The van der Waals surface area contributed by atoms with Crippen LogP contribution < -0.4 is 0 Å². The van der Waals surface area contributed by atoms with Crippen molar-refractivity contribution in [1.82, 2.24) is 4.98 Å². The number of hydrogen-bond donors (Lipinski definition) is 1. The van der Waals surface area contributed by atoms with Crippen LogP contribution >= 0.6 is 22.6 Å². The highest BCUT2D eigenvalue weighted by molar-refractivity contribution is 14.1. The molecule has 98 valence electrons. The highest BCUT2D eigenvalue weighted by Crippen LogP contribution is 2.15. The molecule has 1 heterocycles. The number of halogens is 1. The number of allylic oxidation sites excluding steroid dienone is 1. The van der Waals surface area contributed by atoms with Crippen LogP contribution in [0.3, 0.4) is 0 Å². The number of hydrogen-bond acceptors (Lipinski definition) is 1. The number of ketones is 1. The Balaban J connectivity index is 1.82. The maximum atomic E-state index is 12.0. The predicted molar refractivity (Wildman–Crippen MR) is 90.8 cm³/mol. The summed E-state index contributed by atoms with van der Waals surface area (Å²) in [6.07, 6.45) is 5.39. The Labute approximate surface area is 130 Å². The number of nitrogens with one attached hydrogen (secondary N) is 1. The molecule has 0 unspecified atom stereocenters. The summed E-state index contributed by atoms with van der Waals surface area (Å²) >= 11 is 2.23. The molecule has 3 rings (SSSR count). The van der Waals surface area contributed by atoms with Gasteiger partial charge < -0.3 is 4.98 Å². The first-order valence-electron chi connectivity index (χ1n) is 6.27. The van der Waals surface area contributed by atoms with Gasteiger partial charge in [-0.1, -0.05) is 24.3 Å². The van der Waals surface area contributed by atoms with Gasteiger partial charge in [0.15, 0.2) is 5.78 Å². The molecule has 20 heavy (non-hydrogen) atoms. The molecule has 3 aromatic rings. The zero-order valence-electron chi connectivity index (χ0n) is 10.6. The van der Waals surface area contributed by atoms with Crippen molar-refractivity contribution < 1.29 is 4.79 Å². The van der Waals surface area contributed by atoms with Crippen LogP contribution in [0, 0.1) is 3.57 Å². The van der Waals surface area contributed by atoms with Gasteiger partial charge in [0.25, 0.3) is 0 Å². The highest BCUT2D eigenvalue weighted by atomic mass is 125. The van der Waals surface area contributed by atoms with E-state index in [1.807, 2.05) is 54.7 Å². The van der Waals surface area contributed by atoms with Crippen molar-refractivity contribution in [2.75, 3.05) is 0 Å². The molecule has 0 saturated heterocycles. The molecule has 0 aliphatic heterocycles. The van der Waals surface area contributed by atoms with Crippen molar-refractivity contribution >= 4 is 45.4 Å². The summed E-state index contributed by atoms with van der Waals surface area (Å²) in [6, 6.07) is 15.7. The lowest BCUT2D eigenvalue weighted by atomic mass is 10.1. The summed E-state index contributed by atoms with van der Waals surface area (Å²) in [4.78, 5) is 15.2. The second-order valence-corrected chi connectivity index (χ2v) is 5.77. The zero-order chi connectivity index (χ0) is 13.9. The van der Waals surface area contributed by atoms with Crippen molar-refractivity contribution in [3.05, 3.63) is 75.5 Å². The van der Waals surface area contributed by atoms with Gasteiger partial charge in [-0.05, 0) is 69.9 Å². The van der Waals surface area contributed by atoms with Crippen LogP contribution in [0.1, 0.15) is 15.9 Å². The van der Waals surface area contributed by atoms with Crippen LogP contribution in [-0.2, 0) is 0 Å². The fraction of sp³-hybridized carbons (Fsp3) is 0. The molecule has 0 spiro atoms. The number of rotatable bonds is 3. The van der Waals surface area contributed by atoms with Crippen LogP contribution in [0.2, 0.25) is 0 Å². The lowest BCUT2D eigenvalue weighted by Crippen LogP contribution is -1.93. The van der Waals surface area contributed by atoms with Crippen molar-refractivity contribution in [3.8, 4) is 0 Å². The minimum Gasteiger partial charge on any atom is -0.361 e. The number of carbonyl (C=O) groups excluding carboxylic acids is 1. The van der Waals surface area contributed by atoms with E-state index < -0.39 is 0 Å². The Morgan fingerprint density at radius 1 is 1.05 bits per heavy atom. The average molecular weight is 371 g/mol. The van der Waals surface area contributed by atoms with E-state index >= 15 is 0 Å². The van der Waals surface area contributed by atoms with E-state index in [4.69, 9.17) is 0 Å². The van der Waals surface area contributed by atoms with E-state index in [9.17, 15) is 4.79 Å². The third kappa shape index (κ3) is 2.82. The van der Waals surface area contributed by atoms with Crippen molar-refractivity contribution in [2.24, 2.45) is 0 Å². The number of carbonyl (C=O) groups is 1. The van der Waals surface area contributed by atoms with Crippen molar-refractivity contribution in [1.29, 1.82) is 0 Å². The first-order valence-corrected chi connectivity index (χ1v) is 7.35. The molecule has 0 atom stereocenters. The zero-order valence-corrected chi connectivity index (χ0v) is 12.8. The monoisotopic (exact) mass is 371 g/mol. The van der Waals surface area contributed by atoms with Crippen LogP contribution in [0.15, 0.2) is 60.8 Å². The van der Waals surface area contributed by atoms with E-state index in [0.717, 1.165) is 20.0 Å². The third-order valence-corrected chi connectivity index (χ3v) is 3.85. The standard InChI is InChI=1S/C17H12INO/c18-15-5-3-13(4-6-15)17(20)8-2-12-1-7-16-14(11-12)9-10-19-16/h1-11,19H/b8-2+/i18-2. The molecule has 0 fully saturated rings. The fourth-order valence-electron chi connectivity index (χ4n) is 2.06. The van der Waals surface area contributed by atoms with Crippen molar-refractivity contribution in [3.63, 3.8) is 0 Å². The molecule has 3 heteroatoms. The molecule has 2 aromatic carbocycles. The number of aromatic nitrogens is 1. The van der Waals surface area contributed by atoms with Gasteiger partial charge in [-0.3, -0.25) is 4.79 Å². The lowest BCUT2D eigenvalue weighted by molar-refractivity contribution is 0.104. The van der Waals surface area contributed by atoms with Crippen LogP contribution in [0.4, 0.5) is 0 Å². The molecular formula is C17H12INO. The minimum absolute atomic E-state index is 0.0237. The maximum absolute atomic E-state index is 12.0. The number of H-pyrrole nitrogens is 1. The van der Waals surface area contributed by atoms with Crippen molar-refractivity contribution in [2.45, 2.75) is 0 Å². The molecule has 0 amide bonds. The Morgan fingerprint density at radius 2 is 1.85 bits per heavy atom. The summed E-state index contributed by atoms with van der Waals surface area (Å²) < 4.78 is 1.13. The van der Waals surface area contributed by atoms with E-state index in [0.29, 0.717) is 5.56 Å². The van der Waals surface area contributed by atoms with Gasteiger partial charge in [0.2, 0.25) is 0 Å². The summed E-state index contributed by atoms with van der Waals surface area (Å²) in [7, 11) is 0. The second kappa shape index (κ2) is 5.63. The summed E-state index contributed by atoms with van der Waals surface area (Å²) in [5, 5.41) is 1.15. The topological polar surface area (TPSA) is 32.9 Å². The van der Waals surface area contributed by atoms with Crippen LogP contribution in [0.5, 0.6) is 0 Å². The first-order chi connectivity index (χ1) is 9.72. The largest absolute Gasteiger partial charge is 0.361 e. The smallest absolute Gasteiger partial charge is 0.185 e. The summed E-state index contributed by atoms with van der Waals surface area (Å²) in [5.41, 5.74) is 2.84. The SMILES string of the molecule is O=C(/C=C/c1ccc2[nH]ccc2c1)c1ccc([125I])cc1. The molecule has 0 aliphatic carbocycles. The van der Waals surface area contributed by atoms with E-state index in [-0.39, 0.29) is 5.78 Å². The van der Waals surface area contributed by atoms with Gasteiger partial charge in [0.05, 0.1) is 0 Å². The number of benzene rings is 2. The molecular weight excluding hydrogens is 359 g/mol. The highest BCUT2D eigenvalue weighted by Gasteiger charge is 2.01. The minimum atomic E-state index is 0.0237. The fourth-order valence-corrected chi connectivity index (χ4v) is 2.42. The normalized spacial score (nSPS) is 11.2. The summed E-state index contributed by atoms with van der Waals surface area (Å²) in [6.45, 7) is 0. The maximum Gasteiger partial charge on any atom is 0.185 e. The number of aromatic amines is 1. The third-order valence-electron chi connectivity index (χ3n) is 3.13. The van der Waals surface area contributed by atoms with E-state index in [2.05, 4.69) is 33.6 Å². The molecule has 0 bridgehead atoms. The van der Waals surface area contributed by atoms with Crippen LogP contribution in [0.25, 0.3) is 17.0 Å². The van der Waals surface area contributed by atoms with Gasteiger partial charge in [-0.15, -0.1) is 0 Å². The van der Waals surface area contributed by atoms with Crippen LogP contribution in [-0.4, -0.2) is 10.8 Å². The number of fused-ring (bicyclic) bond motifs is 1. The van der Waals surface area contributed by atoms with Gasteiger partial charge >= 0.3 is 0 Å². The molecule has 0 radical (unpaired) electrons. The molecule has 1 N–H and O–H groups in total. The average Bonchev–Trinajstić information content (AvgIpc) is 2.93. The Hall–Kier alpha value is -1.88. The first kappa shape index (κ1) is 13.1. The Morgan fingerprint density at radius 3 is 2.65 bits per heavy atom. The van der Waals surface area contributed by atoms with Gasteiger partial charge in [0, 0.05) is 20.8 Å². The Kier molecular flexibility index (Phi) is 3.69. The molecule has 2 nitrogen and oxygen atoms in total. The predicted octanol–water partition coefficient (Wildman–Crippen LogP) is 4.67.